The van der Waals surface area contributed by atoms with Crippen molar-refractivity contribution in [1.29, 1.82) is 0 Å². The maximum atomic E-state index is 12.8. The Morgan fingerprint density at radius 2 is 1.96 bits per heavy atom. The van der Waals surface area contributed by atoms with Crippen LogP contribution in [-0.2, 0) is 15.1 Å². The topological polar surface area (TPSA) is 87.7 Å². The highest BCUT2D eigenvalue weighted by Crippen LogP contribution is 2.37. The number of carbonyl (C=O) groups excluding carboxylic acids is 1. The number of fused-ring (bicyclic) bond motifs is 3. The van der Waals surface area contributed by atoms with Gasteiger partial charge < -0.3 is 15.4 Å². The van der Waals surface area contributed by atoms with Crippen molar-refractivity contribution < 1.29 is 17.9 Å². The second-order valence-corrected chi connectivity index (χ2v) is 7.20. The molecule has 3 heterocycles. The molecular weight excluding hydrogens is 330 g/mol. The number of benzene rings is 1. The highest BCUT2D eigenvalue weighted by Gasteiger charge is 2.50. The highest BCUT2D eigenvalue weighted by molar-refractivity contribution is 7.75. The molecule has 1 aromatic rings. The van der Waals surface area contributed by atoms with Crippen LogP contribution in [0.2, 0.25) is 0 Å². The lowest BCUT2D eigenvalue weighted by Gasteiger charge is -2.35. The van der Waals surface area contributed by atoms with Crippen LogP contribution in [0.1, 0.15) is 12.8 Å². The molecule has 2 fully saturated rings. The van der Waals surface area contributed by atoms with Crippen molar-refractivity contribution >= 4 is 26.8 Å². The van der Waals surface area contributed by atoms with Gasteiger partial charge >= 0.3 is 0 Å². The highest BCUT2D eigenvalue weighted by atomic mass is 32.2. The van der Waals surface area contributed by atoms with E-state index in [-0.39, 0.29) is 23.6 Å². The summed E-state index contributed by atoms with van der Waals surface area (Å²) in [6.07, 6.45) is 1.82. The first kappa shape index (κ1) is 15.6. The Morgan fingerprint density at radius 3 is 2.71 bits per heavy atom. The SMILES string of the molecule is O=C1C(=S(=O)=O)C(NC2CCNCC2)C2COc3ccccc3N12. The number of carbonyl (C=O) groups is 1. The third kappa shape index (κ3) is 2.51. The van der Waals surface area contributed by atoms with Gasteiger partial charge in [0.15, 0.2) is 4.86 Å². The molecule has 1 aromatic carbocycles. The molecule has 0 bridgehead atoms. The summed E-state index contributed by atoms with van der Waals surface area (Å²) < 4.78 is 29.3. The van der Waals surface area contributed by atoms with Crippen molar-refractivity contribution in [2.75, 3.05) is 24.6 Å². The monoisotopic (exact) mass is 349 g/mol. The lowest BCUT2D eigenvalue weighted by atomic mass is 10.0. The fourth-order valence-electron chi connectivity index (χ4n) is 3.74. The Bertz CT molecular complexity index is 793. The largest absolute Gasteiger partial charge is 0.489 e. The summed E-state index contributed by atoms with van der Waals surface area (Å²) in [7, 11) is -2.56. The maximum Gasteiger partial charge on any atom is 0.272 e. The molecule has 1 amide bonds. The number of para-hydroxylation sites is 2. The van der Waals surface area contributed by atoms with Crippen LogP contribution in [0.25, 0.3) is 0 Å². The van der Waals surface area contributed by atoms with Gasteiger partial charge in [-0.2, -0.15) is 8.42 Å². The number of anilines is 1. The molecule has 0 saturated carbocycles. The van der Waals surface area contributed by atoms with Gasteiger partial charge in [0, 0.05) is 6.04 Å². The van der Waals surface area contributed by atoms with Gasteiger partial charge in [0.2, 0.25) is 10.3 Å². The first-order chi connectivity index (χ1) is 11.7. The van der Waals surface area contributed by atoms with Crippen LogP contribution in [0.4, 0.5) is 5.69 Å². The summed E-state index contributed by atoms with van der Waals surface area (Å²) in [4.78, 5) is 14.3. The summed E-state index contributed by atoms with van der Waals surface area (Å²) in [5.74, 6) is 0.163. The minimum Gasteiger partial charge on any atom is -0.489 e. The fourth-order valence-corrected chi connectivity index (χ4v) is 4.42. The Hall–Kier alpha value is -1.90. The lowest BCUT2D eigenvalue weighted by Crippen LogP contribution is -2.54. The predicted octanol–water partition coefficient (Wildman–Crippen LogP) is -0.444. The number of ether oxygens (including phenoxy) is 1. The minimum atomic E-state index is -2.56. The van der Waals surface area contributed by atoms with Gasteiger partial charge in [-0.3, -0.25) is 9.69 Å². The molecule has 2 N–H and O–H groups in total. The summed E-state index contributed by atoms with van der Waals surface area (Å²) >= 11 is 0. The molecule has 0 aromatic heterocycles. The van der Waals surface area contributed by atoms with Gasteiger partial charge in [0.05, 0.1) is 17.8 Å². The number of piperidine rings is 1. The number of amides is 1. The molecule has 2 unspecified atom stereocenters. The van der Waals surface area contributed by atoms with Crippen LogP contribution in [0.3, 0.4) is 0 Å². The fraction of sp³-hybridized carbons (Fsp3) is 0.500. The maximum absolute atomic E-state index is 12.8. The zero-order valence-corrected chi connectivity index (χ0v) is 13.9. The molecule has 2 saturated heterocycles. The number of hydrogen-bond acceptors (Lipinski definition) is 6. The van der Waals surface area contributed by atoms with Crippen molar-refractivity contribution in [3.05, 3.63) is 24.3 Å². The summed E-state index contributed by atoms with van der Waals surface area (Å²) in [5.41, 5.74) is 0.635. The normalized spacial score (nSPS) is 26.8. The average molecular weight is 349 g/mol. The predicted molar refractivity (Wildman–Crippen MR) is 90.0 cm³/mol. The van der Waals surface area contributed by atoms with E-state index in [1.54, 1.807) is 17.0 Å². The average Bonchev–Trinajstić information content (AvgIpc) is 2.88. The van der Waals surface area contributed by atoms with Crippen molar-refractivity contribution in [2.24, 2.45) is 0 Å². The standard InChI is InChI=1S/C16H19N3O4S/c20-16-15(24(21)22)14(18-10-5-7-17-8-6-10)12-9-23-13-4-2-1-3-11(13)19(12)16/h1-4,10,12,14,17-18H,5-9H2. The molecule has 0 spiro atoms. The van der Waals surface area contributed by atoms with E-state index in [0.29, 0.717) is 11.4 Å². The quantitative estimate of drug-likeness (QED) is 0.704. The summed E-state index contributed by atoms with van der Waals surface area (Å²) in [5, 5.41) is 6.68. The summed E-state index contributed by atoms with van der Waals surface area (Å²) in [6, 6.07) is 6.56. The van der Waals surface area contributed by atoms with Crippen LogP contribution >= 0.6 is 0 Å². The number of nitrogens with zero attached hydrogens (tertiary/aromatic N) is 1. The molecule has 3 aliphatic heterocycles. The molecule has 4 rings (SSSR count). The van der Waals surface area contributed by atoms with Gasteiger partial charge in [-0.15, -0.1) is 0 Å². The number of hydrogen-bond donors (Lipinski definition) is 2. The number of nitrogens with one attached hydrogen (secondary N) is 2. The van der Waals surface area contributed by atoms with Gasteiger partial charge in [-0.05, 0) is 38.1 Å². The molecule has 128 valence electrons. The Labute approximate surface area is 141 Å². The summed E-state index contributed by atoms with van der Waals surface area (Å²) in [6.45, 7) is 2.07. The van der Waals surface area contributed by atoms with Crippen LogP contribution in [0, 0.1) is 0 Å². The number of rotatable bonds is 2. The second-order valence-electron chi connectivity index (χ2n) is 6.29. The first-order valence-electron chi connectivity index (χ1n) is 8.15. The van der Waals surface area contributed by atoms with E-state index in [2.05, 4.69) is 10.6 Å². The van der Waals surface area contributed by atoms with E-state index in [1.807, 2.05) is 12.1 Å². The van der Waals surface area contributed by atoms with E-state index < -0.39 is 22.2 Å². The van der Waals surface area contributed by atoms with Crippen molar-refractivity contribution in [1.82, 2.24) is 10.6 Å². The molecule has 0 aliphatic carbocycles. The zero-order chi connectivity index (χ0) is 16.7. The van der Waals surface area contributed by atoms with E-state index in [4.69, 9.17) is 4.74 Å². The van der Waals surface area contributed by atoms with Crippen LogP contribution in [0.5, 0.6) is 5.75 Å². The van der Waals surface area contributed by atoms with E-state index >= 15 is 0 Å². The van der Waals surface area contributed by atoms with Crippen molar-refractivity contribution in [2.45, 2.75) is 31.0 Å². The lowest BCUT2D eigenvalue weighted by molar-refractivity contribution is -0.112. The van der Waals surface area contributed by atoms with Crippen LogP contribution in [0.15, 0.2) is 24.3 Å². The van der Waals surface area contributed by atoms with Crippen LogP contribution < -0.4 is 20.3 Å². The Morgan fingerprint density at radius 1 is 1.21 bits per heavy atom. The minimum absolute atomic E-state index is 0.0844. The van der Waals surface area contributed by atoms with Crippen molar-refractivity contribution in [3.63, 3.8) is 0 Å². The molecule has 24 heavy (non-hydrogen) atoms. The third-order valence-electron chi connectivity index (χ3n) is 4.90. The van der Waals surface area contributed by atoms with E-state index in [9.17, 15) is 13.2 Å². The van der Waals surface area contributed by atoms with Crippen LogP contribution in [-0.4, -0.2) is 57.0 Å². The molecule has 2 atom stereocenters. The molecule has 0 radical (unpaired) electrons. The molecule has 7 nitrogen and oxygen atoms in total. The molecule has 3 aliphatic rings. The van der Waals surface area contributed by atoms with Crippen molar-refractivity contribution in [3.8, 4) is 5.75 Å². The second kappa shape index (κ2) is 6.19. The van der Waals surface area contributed by atoms with E-state index in [0.717, 1.165) is 25.9 Å². The van der Waals surface area contributed by atoms with E-state index in [1.165, 1.54) is 0 Å². The molecular formula is C16H19N3O4S. The van der Waals surface area contributed by atoms with Gasteiger partial charge in [0.25, 0.3) is 5.91 Å². The Balaban J connectivity index is 1.71. The molecule has 8 heteroatoms. The third-order valence-corrected chi connectivity index (χ3v) is 5.68. The van der Waals surface area contributed by atoms with Gasteiger partial charge in [-0.1, -0.05) is 12.1 Å². The van der Waals surface area contributed by atoms with Gasteiger partial charge in [0.1, 0.15) is 12.4 Å². The zero-order valence-electron chi connectivity index (χ0n) is 13.1. The first-order valence-corrected chi connectivity index (χ1v) is 9.22. The smallest absolute Gasteiger partial charge is 0.272 e. The van der Waals surface area contributed by atoms with Gasteiger partial charge in [-0.25, -0.2) is 0 Å². The Kier molecular flexibility index (Phi) is 4.03.